The van der Waals surface area contributed by atoms with E-state index in [4.69, 9.17) is 4.74 Å². The van der Waals surface area contributed by atoms with Crippen LogP contribution in [0.3, 0.4) is 0 Å². The number of nitrogens with zero attached hydrogens (tertiary/aromatic N) is 4. The molecule has 3 heterocycles. The molecule has 6 heteroatoms. The van der Waals surface area contributed by atoms with E-state index in [1.807, 2.05) is 18.4 Å². The SMILES string of the molecule is Cc1nc(C#CCOc2ccn3nccc3n2)cs1. The van der Waals surface area contributed by atoms with E-state index >= 15 is 0 Å². The van der Waals surface area contributed by atoms with Gasteiger partial charge in [-0.05, 0) is 12.8 Å². The fourth-order valence-electron chi connectivity index (χ4n) is 1.53. The Labute approximate surface area is 113 Å². The molecule has 0 radical (unpaired) electrons. The predicted octanol–water partition coefficient (Wildman–Crippen LogP) is 1.92. The fraction of sp³-hybridized carbons (Fsp3) is 0.154. The number of hydrogen-bond donors (Lipinski definition) is 0. The molecule has 0 aromatic carbocycles. The monoisotopic (exact) mass is 270 g/mol. The minimum absolute atomic E-state index is 0.286. The van der Waals surface area contributed by atoms with Gasteiger partial charge in [0.05, 0.1) is 11.2 Å². The summed E-state index contributed by atoms with van der Waals surface area (Å²) in [5.74, 6) is 6.40. The zero-order chi connectivity index (χ0) is 13.1. The molecule has 3 rings (SSSR count). The van der Waals surface area contributed by atoms with E-state index in [1.165, 1.54) is 0 Å². The molecule has 3 aromatic heterocycles. The van der Waals surface area contributed by atoms with Crippen LogP contribution in [0.2, 0.25) is 0 Å². The molecular formula is C13H10N4OS. The van der Waals surface area contributed by atoms with Crippen LogP contribution in [0.25, 0.3) is 5.65 Å². The summed E-state index contributed by atoms with van der Waals surface area (Å²) in [4.78, 5) is 8.53. The van der Waals surface area contributed by atoms with Crippen molar-refractivity contribution in [3.05, 3.63) is 40.6 Å². The molecule has 3 aromatic rings. The number of ether oxygens (including phenoxy) is 1. The second-order valence-electron chi connectivity index (χ2n) is 3.74. The normalized spacial score (nSPS) is 10.2. The van der Waals surface area contributed by atoms with Crippen LogP contribution in [-0.2, 0) is 0 Å². The maximum Gasteiger partial charge on any atom is 0.217 e. The summed E-state index contributed by atoms with van der Waals surface area (Å²) in [5.41, 5.74) is 1.53. The molecular weight excluding hydrogens is 260 g/mol. The fourth-order valence-corrected chi connectivity index (χ4v) is 2.08. The van der Waals surface area contributed by atoms with Gasteiger partial charge in [-0.2, -0.15) is 10.1 Å². The highest BCUT2D eigenvalue weighted by Crippen LogP contribution is 2.08. The molecule has 0 atom stereocenters. The van der Waals surface area contributed by atoms with Gasteiger partial charge in [0.25, 0.3) is 0 Å². The molecule has 0 saturated heterocycles. The van der Waals surface area contributed by atoms with Crippen LogP contribution in [0.4, 0.5) is 0 Å². The van der Waals surface area contributed by atoms with Crippen LogP contribution in [0, 0.1) is 18.8 Å². The highest BCUT2D eigenvalue weighted by atomic mass is 32.1. The summed E-state index contributed by atoms with van der Waals surface area (Å²) < 4.78 is 7.14. The first-order chi connectivity index (χ1) is 9.31. The Hall–Kier alpha value is -2.39. The van der Waals surface area contributed by atoms with Gasteiger partial charge in [-0.25, -0.2) is 9.50 Å². The Kier molecular flexibility index (Phi) is 3.12. The molecule has 19 heavy (non-hydrogen) atoms. The predicted molar refractivity (Wildman–Crippen MR) is 72.2 cm³/mol. The van der Waals surface area contributed by atoms with Crippen molar-refractivity contribution < 1.29 is 4.74 Å². The van der Waals surface area contributed by atoms with Crippen molar-refractivity contribution in [2.45, 2.75) is 6.92 Å². The van der Waals surface area contributed by atoms with Crippen LogP contribution in [0.5, 0.6) is 5.88 Å². The van der Waals surface area contributed by atoms with Crippen molar-refractivity contribution >= 4 is 17.0 Å². The number of thiazole rings is 1. The molecule has 0 unspecified atom stereocenters. The summed E-state index contributed by atoms with van der Waals surface area (Å²) in [6.45, 7) is 2.24. The Bertz CT molecular complexity index is 765. The summed E-state index contributed by atoms with van der Waals surface area (Å²) in [7, 11) is 0. The first kappa shape index (κ1) is 11.7. The van der Waals surface area contributed by atoms with Crippen molar-refractivity contribution in [3.8, 4) is 17.7 Å². The average molecular weight is 270 g/mol. The van der Waals surface area contributed by atoms with Crippen molar-refractivity contribution in [2.24, 2.45) is 0 Å². The highest BCUT2D eigenvalue weighted by Gasteiger charge is 1.98. The molecule has 0 spiro atoms. The number of fused-ring (bicyclic) bond motifs is 1. The minimum atomic E-state index is 0.286. The Morgan fingerprint density at radius 2 is 2.32 bits per heavy atom. The summed E-state index contributed by atoms with van der Waals surface area (Å²) in [6, 6.07) is 3.57. The molecule has 0 bridgehead atoms. The third-order valence-electron chi connectivity index (χ3n) is 2.36. The molecule has 0 aliphatic carbocycles. The Morgan fingerprint density at radius 1 is 1.37 bits per heavy atom. The summed E-state index contributed by atoms with van der Waals surface area (Å²) >= 11 is 1.58. The van der Waals surface area contributed by atoms with Gasteiger partial charge in [-0.15, -0.1) is 11.3 Å². The van der Waals surface area contributed by atoms with Crippen molar-refractivity contribution in [3.63, 3.8) is 0 Å². The van der Waals surface area contributed by atoms with Crippen LogP contribution in [0.15, 0.2) is 29.9 Å². The lowest BCUT2D eigenvalue weighted by Crippen LogP contribution is -1.98. The molecule has 0 amide bonds. The maximum atomic E-state index is 5.46. The smallest absolute Gasteiger partial charge is 0.217 e. The van der Waals surface area contributed by atoms with E-state index in [1.54, 1.807) is 34.3 Å². The molecule has 94 valence electrons. The Balaban J connectivity index is 1.64. The highest BCUT2D eigenvalue weighted by molar-refractivity contribution is 7.09. The second kappa shape index (κ2) is 5.08. The first-order valence-electron chi connectivity index (χ1n) is 5.65. The standard InChI is InChI=1S/C13H10N4OS/c1-10-15-11(9-19-10)3-2-8-18-13-5-7-17-12(16-13)4-6-14-17/h4-7,9H,8H2,1H3. The third-order valence-corrected chi connectivity index (χ3v) is 3.13. The van der Waals surface area contributed by atoms with Gasteiger partial charge in [0.1, 0.15) is 5.69 Å². The number of aryl methyl sites for hydroxylation is 1. The molecule has 5 nitrogen and oxygen atoms in total. The molecule has 0 aliphatic rings. The van der Waals surface area contributed by atoms with Crippen LogP contribution in [0.1, 0.15) is 10.7 Å². The summed E-state index contributed by atoms with van der Waals surface area (Å²) in [6.07, 6.45) is 3.49. The largest absolute Gasteiger partial charge is 0.464 e. The van der Waals surface area contributed by atoms with Gasteiger partial charge >= 0.3 is 0 Å². The van der Waals surface area contributed by atoms with E-state index in [9.17, 15) is 0 Å². The lowest BCUT2D eigenvalue weighted by Gasteiger charge is -2.00. The molecule has 0 saturated carbocycles. The third kappa shape index (κ3) is 2.72. The minimum Gasteiger partial charge on any atom is -0.464 e. The van der Waals surface area contributed by atoms with Gasteiger partial charge in [0.15, 0.2) is 12.3 Å². The van der Waals surface area contributed by atoms with E-state index in [0.29, 0.717) is 5.88 Å². The van der Waals surface area contributed by atoms with E-state index in [0.717, 1.165) is 16.3 Å². The summed E-state index contributed by atoms with van der Waals surface area (Å²) in [5, 5.41) is 7.00. The lowest BCUT2D eigenvalue weighted by atomic mass is 10.5. The van der Waals surface area contributed by atoms with E-state index in [2.05, 4.69) is 26.9 Å². The number of hydrogen-bond acceptors (Lipinski definition) is 5. The van der Waals surface area contributed by atoms with Gasteiger partial charge < -0.3 is 4.74 Å². The van der Waals surface area contributed by atoms with Gasteiger partial charge in [-0.1, -0.05) is 5.92 Å². The van der Waals surface area contributed by atoms with E-state index in [-0.39, 0.29) is 6.61 Å². The molecule has 0 aliphatic heterocycles. The first-order valence-corrected chi connectivity index (χ1v) is 6.53. The second-order valence-corrected chi connectivity index (χ2v) is 4.80. The van der Waals surface area contributed by atoms with Crippen molar-refractivity contribution in [2.75, 3.05) is 6.61 Å². The zero-order valence-electron chi connectivity index (χ0n) is 10.2. The van der Waals surface area contributed by atoms with Crippen LogP contribution < -0.4 is 4.74 Å². The Morgan fingerprint density at radius 3 is 3.16 bits per heavy atom. The quantitative estimate of drug-likeness (QED) is 0.668. The van der Waals surface area contributed by atoms with Crippen LogP contribution in [-0.4, -0.2) is 26.2 Å². The number of rotatable bonds is 2. The van der Waals surface area contributed by atoms with Gasteiger partial charge in [0.2, 0.25) is 5.88 Å². The topological polar surface area (TPSA) is 52.3 Å². The van der Waals surface area contributed by atoms with Crippen LogP contribution >= 0.6 is 11.3 Å². The van der Waals surface area contributed by atoms with E-state index < -0.39 is 0 Å². The zero-order valence-corrected chi connectivity index (χ0v) is 11.0. The van der Waals surface area contributed by atoms with Crippen molar-refractivity contribution in [1.29, 1.82) is 0 Å². The lowest BCUT2D eigenvalue weighted by molar-refractivity contribution is 0.355. The maximum absolute atomic E-state index is 5.46. The number of aromatic nitrogens is 4. The van der Waals surface area contributed by atoms with Crippen molar-refractivity contribution in [1.82, 2.24) is 19.6 Å². The molecule has 0 N–H and O–H groups in total. The van der Waals surface area contributed by atoms with Gasteiger partial charge in [-0.3, -0.25) is 0 Å². The average Bonchev–Trinajstić information content (AvgIpc) is 3.03. The molecule has 0 fully saturated rings. The van der Waals surface area contributed by atoms with Gasteiger partial charge in [0, 0.05) is 23.7 Å².